The molecule has 26 heavy (non-hydrogen) atoms. The smallest absolute Gasteiger partial charge is 0.224 e. The molecule has 0 radical (unpaired) electrons. The van der Waals surface area contributed by atoms with Crippen LogP contribution in [0.25, 0.3) is 0 Å². The van der Waals surface area contributed by atoms with E-state index in [1.807, 2.05) is 48.5 Å². The van der Waals surface area contributed by atoms with Crippen LogP contribution < -0.4 is 5.32 Å². The van der Waals surface area contributed by atoms with E-state index < -0.39 is 0 Å². The Morgan fingerprint density at radius 2 is 1.62 bits per heavy atom. The molecule has 1 amide bonds. The van der Waals surface area contributed by atoms with Gasteiger partial charge in [0, 0.05) is 28.6 Å². The van der Waals surface area contributed by atoms with Crippen LogP contribution in [0, 0.1) is 5.92 Å². The summed E-state index contributed by atoms with van der Waals surface area (Å²) in [6.45, 7) is 1.39. The van der Waals surface area contributed by atoms with E-state index in [0.29, 0.717) is 16.6 Å². The quantitative estimate of drug-likeness (QED) is 0.811. The number of carbonyl (C=O) groups excluding carboxylic acids is 1. The number of hydrogen-bond donors (Lipinski definition) is 1. The van der Waals surface area contributed by atoms with Crippen molar-refractivity contribution in [1.29, 1.82) is 0 Å². The van der Waals surface area contributed by atoms with Crippen LogP contribution in [0.2, 0.25) is 10.0 Å². The predicted molar refractivity (Wildman–Crippen MR) is 104 cm³/mol. The van der Waals surface area contributed by atoms with Gasteiger partial charge in [-0.05, 0) is 54.7 Å². The fraction of sp³-hybridized carbons (Fsp3) is 0.381. The van der Waals surface area contributed by atoms with Crippen LogP contribution in [0.5, 0.6) is 0 Å². The van der Waals surface area contributed by atoms with Gasteiger partial charge in [-0.1, -0.05) is 47.5 Å². The molecule has 5 heteroatoms. The molecule has 1 N–H and O–H groups in total. The molecule has 0 spiro atoms. The predicted octanol–water partition coefficient (Wildman–Crippen LogP) is 4.59. The summed E-state index contributed by atoms with van der Waals surface area (Å²) in [6, 6.07) is 15.6. The monoisotopic (exact) mass is 389 g/mol. The van der Waals surface area contributed by atoms with Gasteiger partial charge in [0.1, 0.15) is 0 Å². The van der Waals surface area contributed by atoms with Crippen molar-refractivity contribution in [1.82, 2.24) is 5.32 Å². The van der Waals surface area contributed by atoms with E-state index in [-0.39, 0.29) is 23.3 Å². The van der Waals surface area contributed by atoms with Gasteiger partial charge in [0.05, 0.1) is 12.0 Å². The molecule has 1 heterocycles. The first kappa shape index (κ1) is 17.8. The van der Waals surface area contributed by atoms with E-state index in [1.165, 1.54) is 0 Å². The Morgan fingerprint density at radius 1 is 1.04 bits per heavy atom. The Morgan fingerprint density at radius 3 is 2.12 bits per heavy atom. The number of nitrogens with one attached hydrogen (secondary N) is 1. The lowest BCUT2D eigenvalue weighted by Gasteiger charge is -2.20. The second-order valence-corrected chi connectivity index (χ2v) is 7.99. The first-order valence-corrected chi connectivity index (χ1v) is 9.76. The molecule has 2 aliphatic rings. The molecule has 2 atom stereocenters. The highest BCUT2D eigenvalue weighted by Crippen LogP contribution is 2.59. The van der Waals surface area contributed by atoms with Crippen LogP contribution in [-0.2, 0) is 14.9 Å². The van der Waals surface area contributed by atoms with Crippen LogP contribution in [0.3, 0.4) is 0 Å². The molecule has 0 bridgehead atoms. The summed E-state index contributed by atoms with van der Waals surface area (Å²) < 4.78 is 5.61. The maximum atomic E-state index is 12.8. The maximum absolute atomic E-state index is 12.8. The zero-order valence-electron chi connectivity index (χ0n) is 14.4. The van der Waals surface area contributed by atoms with E-state index in [2.05, 4.69) is 5.32 Å². The lowest BCUT2D eigenvalue weighted by molar-refractivity contribution is -0.123. The third-order valence-electron chi connectivity index (χ3n) is 5.52. The molecule has 2 aromatic carbocycles. The minimum Gasteiger partial charge on any atom is -0.376 e. The lowest BCUT2D eigenvalue weighted by atomic mass is 9.85. The number of rotatable bonds is 5. The van der Waals surface area contributed by atoms with Crippen molar-refractivity contribution in [3.63, 3.8) is 0 Å². The molecule has 1 saturated heterocycles. The van der Waals surface area contributed by atoms with Gasteiger partial charge in [-0.3, -0.25) is 4.79 Å². The molecule has 1 aliphatic carbocycles. The summed E-state index contributed by atoms with van der Waals surface area (Å²) in [7, 11) is 0. The average Bonchev–Trinajstić information content (AvgIpc) is 3.18. The van der Waals surface area contributed by atoms with Gasteiger partial charge in [0.25, 0.3) is 0 Å². The molecular weight excluding hydrogens is 369 g/mol. The molecular formula is C21H21Cl2NO2. The molecule has 3 nitrogen and oxygen atoms in total. The van der Waals surface area contributed by atoms with Crippen molar-refractivity contribution in [3.8, 4) is 0 Å². The minimum atomic E-state index is -0.310. The summed E-state index contributed by atoms with van der Waals surface area (Å²) in [5.41, 5.74) is 1.92. The Hall–Kier alpha value is -1.55. The van der Waals surface area contributed by atoms with Crippen LogP contribution in [-0.4, -0.2) is 25.2 Å². The fourth-order valence-corrected chi connectivity index (χ4v) is 4.27. The topological polar surface area (TPSA) is 38.3 Å². The third-order valence-corrected chi connectivity index (χ3v) is 6.03. The molecule has 1 saturated carbocycles. The number of ether oxygens (including phenoxy) is 1. The van der Waals surface area contributed by atoms with Crippen LogP contribution >= 0.6 is 23.2 Å². The molecule has 2 unspecified atom stereocenters. The Labute approximate surface area is 163 Å². The molecule has 4 rings (SSSR count). The van der Waals surface area contributed by atoms with Gasteiger partial charge in [-0.25, -0.2) is 0 Å². The minimum absolute atomic E-state index is 0.0883. The summed E-state index contributed by atoms with van der Waals surface area (Å²) in [5.74, 6) is -0.00310. The van der Waals surface area contributed by atoms with Gasteiger partial charge in [-0.2, -0.15) is 0 Å². The fourth-order valence-electron chi connectivity index (χ4n) is 4.02. The van der Waals surface area contributed by atoms with E-state index in [0.717, 1.165) is 37.0 Å². The largest absolute Gasteiger partial charge is 0.376 e. The highest BCUT2D eigenvalue weighted by Gasteiger charge is 2.60. The van der Waals surface area contributed by atoms with Crippen molar-refractivity contribution < 1.29 is 9.53 Å². The van der Waals surface area contributed by atoms with E-state index in [1.54, 1.807) is 0 Å². The van der Waals surface area contributed by atoms with E-state index in [4.69, 9.17) is 27.9 Å². The Kier molecular flexibility index (Phi) is 4.96. The third kappa shape index (κ3) is 3.36. The maximum Gasteiger partial charge on any atom is 0.224 e. The SMILES string of the molecule is O=C(NCC1CCCO1)C1CC1(c1ccc(Cl)cc1)c1ccc(Cl)cc1. The van der Waals surface area contributed by atoms with Gasteiger partial charge in [0.2, 0.25) is 5.91 Å². The molecule has 1 aliphatic heterocycles. The Balaban J connectivity index is 1.57. The summed E-state index contributed by atoms with van der Waals surface area (Å²) in [5, 5.41) is 4.48. The first-order valence-electron chi connectivity index (χ1n) is 9.01. The number of halogens is 2. The van der Waals surface area contributed by atoms with E-state index in [9.17, 15) is 4.79 Å². The molecule has 0 aromatic heterocycles. The van der Waals surface area contributed by atoms with Crippen molar-refractivity contribution in [2.45, 2.75) is 30.8 Å². The van der Waals surface area contributed by atoms with Gasteiger partial charge >= 0.3 is 0 Å². The van der Waals surface area contributed by atoms with Gasteiger partial charge in [-0.15, -0.1) is 0 Å². The number of carbonyl (C=O) groups is 1. The number of benzene rings is 2. The summed E-state index contributed by atoms with van der Waals surface area (Å²) in [6.07, 6.45) is 3.03. The zero-order valence-corrected chi connectivity index (χ0v) is 15.9. The second kappa shape index (κ2) is 7.22. The van der Waals surface area contributed by atoms with Crippen LogP contribution in [0.1, 0.15) is 30.4 Å². The molecule has 2 fully saturated rings. The van der Waals surface area contributed by atoms with Crippen LogP contribution in [0.4, 0.5) is 0 Å². The summed E-state index contributed by atoms with van der Waals surface area (Å²) >= 11 is 12.1. The van der Waals surface area contributed by atoms with Gasteiger partial charge < -0.3 is 10.1 Å². The van der Waals surface area contributed by atoms with Crippen molar-refractivity contribution in [2.24, 2.45) is 5.92 Å². The molecule has 136 valence electrons. The highest BCUT2D eigenvalue weighted by atomic mass is 35.5. The zero-order chi connectivity index (χ0) is 18.1. The highest BCUT2D eigenvalue weighted by molar-refractivity contribution is 6.30. The van der Waals surface area contributed by atoms with Crippen LogP contribution in [0.15, 0.2) is 48.5 Å². The Bertz CT molecular complexity index is 737. The normalized spacial score (nSPS) is 23.6. The summed E-state index contributed by atoms with van der Waals surface area (Å²) in [4.78, 5) is 12.8. The van der Waals surface area contributed by atoms with Crippen molar-refractivity contribution in [3.05, 3.63) is 69.7 Å². The lowest BCUT2D eigenvalue weighted by Crippen LogP contribution is -2.34. The van der Waals surface area contributed by atoms with Gasteiger partial charge in [0.15, 0.2) is 0 Å². The standard InChI is InChI=1S/C21H21Cl2NO2/c22-16-7-3-14(4-8-16)21(15-5-9-17(23)10-6-15)12-19(21)20(25)24-13-18-2-1-11-26-18/h3-10,18-19H,1-2,11-13H2,(H,24,25). The van der Waals surface area contributed by atoms with Crippen molar-refractivity contribution >= 4 is 29.1 Å². The average molecular weight is 390 g/mol. The van der Waals surface area contributed by atoms with E-state index >= 15 is 0 Å². The van der Waals surface area contributed by atoms with Crippen molar-refractivity contribution in [2.75, 3.05) is 13.2 Å². The first-order chi connectivity index (χ1) is 12.6. The second-order valence-electron chi connectivity index (χ2n) is 7.12. The molecule has 2 aromatic rings. The number of amides is 1. The number of hydrogen-bond acceptors (Lipinski definition) is 2.